The zero-order valence-corrected chi connectivity index (χ0v) is 12.2. The van der Waals surface area contributed by atoms with E-state index in [0.29, 0.717) is 22.2 Å². The zero-order chi connectivity index (χ0) is 15.8. The Morgan fingerprint density at radius 3 is 2.26 bits per heavy atom. The van der Waals surface area contributed by atoms with Crippen molar-refractivity contribution in [2.75, 3.05) is 0 Å². The van der Waals surface area contributed by atoms with Gasteiger partial charge in [-0.1, -0.05) is 54.6 Å². The number of ketones is 1. The lowest BCUT2D eigenvalue weighted by atomic mass is 9.99. The number of hydrogen-bond donors (Lipinski definition) is 0. The van der Waals surface area contributed by atoms with E-state index >= 15 is 0 Å². The van der Waals surface area contributed by atoms with Gasteiger partial charge < -0.3 is 0 Å². The minimum Gasteiger partial charge on any atom is -0.287 e. The smallest absolute Gasteiger partial charge is 0.212 e. The topological polar surface area (TPSA) is 30.0 Å². The van der Waals surface area contributed by atoms with Crippen molar-refractivity contribution in [3.05, 3.63) is 89.9 Å². The fourth-order valence-corrected chi connectivity index (χ4v) is 2.83. The van der Waals surface area contributed by atoms with Crippen LogP contribution in [0.2, 0.25) is 0 Å². The molecule has 0 saturated carbocycles. The van der Waals surface area contributed by atoms with Gasteiger partial charge in [-0.25, -0.2) is 9.37 Å². The molecular formula is C20H12FNO. The fourth-order valence-electron chi connectivity index (χ4n) is 2.83. The maximum absolute atomic E-state index is 13.6. The highest BCUT2D eigenvalue weighted by Gasteiger charge is 2.16. The van der Waals surface area contributed by atoms with E-state index in [1.807, 2.05) is 42.5 Å². The lowest BCUT2D eigenvalue weighted by Crippen LogP contribution is -2.05. The Morgan fingerprint density at radius 1 is 0.783 bits per heavy atom. The third kappa shape index (κ3) is 2.27. The maximum atomic E-state index is 13.6. The number of nitrogens with zero attached hydrogens (tertiary/aromatic N) is 1. The van der Waals surface area contributed by atoms with Gasteiger partial charge in [-0.15, -0.1) is 0 Å². The summed E-state index contributed by atoms with van der Waals surface area (Å²) in [5.41, 5.74) is 1.60. The molecule has 0 atom stereocenters. The van der Waals surface area contributed by atoms with E-state index in [-0.39, 0.29) is 11.6 Å². The van der Waals surface area contributed by atoms with E-state index in [1.165, 1.54) is 12.1 Å². The molecule has 0 bridgehead atoms. The Labute approximate surface area is 132 Å². The Bertz CT molecular complexity index is 1040. The van der Waals surface area contributed by atoms with Crippen LogP contribution < -0.4 is 0 Å². The van der Waals surface area contributed by atoms with Gasteiger partial charge in [0, 0.05) is 16.3 Å². The minimum atomic E-state index is -0.313. The number of carbonyl (C=O) groups is 1. The summed E-state index contributed by atoms with van der Waals surface area (Å²) in [6, 6.07) is 21.0. The number of benzene rings is 3. The molecule has 4 rings (SSSR count). The lowest BCUT2D eigenvalue weighted by molar-refractivity contribution is 0.103. The minimum absolute atomic E-state index is 0.131. The summed E-state index contributed by atoms with van der Waals surface area (Å²) in [6.07, 6.45) is 0. The highest BCUT2D eigenvalue weighted by atomic mass is 19.1. The van der Waals surface area contributed by atoms with Crippen molar-refractivity contribution in [3.8, 4) is 0 Å². The van der Waals surface area contributed by atoms with E-state index in [0.717, 1.165) is 10.8 Å². The first-order valence-corrected chi connectivity index (χ1v) is 7.32. The molecule has 0 fully saturated rings. The SMILES string of the molecule is O=C(c1ccccc1)c1nc2ccc(F)cc2c2ccccc12. The average molecular weight is 301 g/mol. The lowest BCUT2D eigenvalue weighted by Gasteiger charge is -2.09. The van der Waals surface area contributed by atoms with Crippen LogP contribution >= 0.6 is 0 Å². The largest absolute Gasteiger partial charge is 0.287 e. The van der Waals surface area contributed by atoms with Crippen LogP contribution in [0.3, 0.4) is 0 Å². The molecule has 23 heavy (non-hydrogen) atoms. The Kier molecular flexibility index (Phi) is 3.12. The van der Waals surface area contributed by atoms with Crippen molar-refractivity contribution in [1.29, 1.82) is 0 Å². The second kappa shape index (κ2) is 5.29. The molecule has 0 aliphatic heterocycles. The zero-order valence-electron chi connectivity index (χ0n) is 12.2. The van der Waals surface area contributed by atoms with Gasteiger partial charge >= 0.3 is 0 Å². The molecule has 1 heterocycles. The third-order valence-corrected chi connectivity index (χ3v) is 3.91. The summed E-state index contributed by atoms with van der Waals surface area (Å²) in [4.78, 5) is 17.3. The summed E-state index contributed by atoms with van der Waals surface area (Å²) >= 11 is 0. The predicted molar refractivity (Wildman–Crippen MR) is 89.1 cm³/mol. The van der Waals surface area contributed by atoms with Gasteiger partial charge in [-0.05, 0) is 23.6 Å². The Hall–Kier alpha value is -3.07. The predicted octanol–water partition coefficient (Wildman–Crippen LogP) is 4.76. The van der Waals surface area contributed by atoms with Gasteiger partial charge in [-0.3, -0.25) is 4.79 Å². The average Bonchev–Trinajstić information content (AvgIpc) is 2.61. The number of aromatic nitrogens is 1. The number of pyridine rings is 1. The number of rotatable bonds is 2. The number of hydrogen-bond acceptors (Lipinski definition) is 2. The van der Waals surface area contributed by atoms with Crippen molar-refractivity contribution < 1.29 is 9.18 Å². The molecule has 0 unspecified atom stereocenters. The van der Waals surface area contributed by atoms with Crippen LogP contribution in [-0.2, 0) is 0 Å². The molecule has 0 amide bonds. The molecule has 1 aromatic heterocycles. The molecule has 2 nitrogen and oxygen atoms in total. The van der Waals surface area contributed by atoms with Crippen molar-refractivity contribution in [3.63, 3.8) is 0 Å². The molecule has 0 radical (unpaired) electrons. The van der Waals surface area contributed by atoms with Crippen LogP contribution in [-0.4, -0.2) is 10.8 Å². The molecule has 3 heteroatoms. The summed E-state index contributed by atoms with van der Waals surface area (Å²) in [7, 11) is 0. The highest BCUT2D eigenvalue weighted by Crippen LogP contribution is 2.28. The highest BCUT2D eigenvalue weighted by molar-refractivity contribution is 6.19. The van der Waals surface area contributed by atoms with Crippen molar-refractivity contribution in [2.45, 2.75) is 0 Å². The van der Waals surface area contributed by atoms with Crippen LogP contribution in [0.4, 0.5) is 4.39 Å². The summed E-state index contributed by atoms with van der Waals surface area (Å²) in [5.74, 6) is -0.445. The van der Waals surface area contributed by atoms with Crippen LogP contribution in [0.5, 0.6) is 0 Å². The monoisotopic (exact) mass is 301 g/mol. The fraction of sp³-hybridized carbons (Fsp3) is 0. The number of carbonyl (C=O) groups excluding carboxylic acids is 1. The van der Waals surface area contributed by atoms with E-state index in [9.17, 15) is 9.18 Å². The van der Waals surface area contributed by atoms with E-state index in [2.05, 4.69) is 4.98 Å². The third-order valence-electron chi connectivity index (χ3n) is 3.91. The van der Waals surface area contributed by atoms with Crippen LogP contribution in [0.15, 0.2) is 72.8 Å². The van der Waals surface area contributed by atoms with E-state index in [1.54, 1.807) is 18.2 Å². The molecule has 3 aromatic carbocycles. The van der Waals surface area contributed by atoms with Crippen LogP contribution in [0, 0.1) is 5.82 Å². The van der Waals surface area contributed by atoms with Crippen LogP contribution in [0.25, 0.3) is 21.7 Å². The first-order chi connectivity index (χ1) is 11.2. The van der Waals surface area contributed by atoms with Crippen LogP contribution in [0.1, 0.15) is 16.1 Å². The summed E-state index contributed by atoms with van der Waals surface area (Å²) < 4.78 is 13.6. The van der Waals surface area contributed by atoms with Gasteiger partial charge in [0.25, 0.3) is 0 Å². The van der Waals surface area contributed by atoms with Crippen molar-refractivity contribution >= 4 is 27.5 Å². The van der Waals surface area contributed by atoms with Gasteiger partial charge in [0.05, 0.1) is 5.52 Å². The second-order valence-corrected chi connectivity index (χ2v) is 5.36. The van der Waals surface area contributed by atoms with Gasteiger partial charge in [0.1, 0.15) is 11.5 Å². The molecule has 0 spiro atoms. The Morgan fingerprint density at radius 2 is 1.48 bits per heavy atom. The molecular weight excluding hydrogens is 289 g/mol. The Balaban J connectivity index is 2.06. The van der Waals surface area contributed by atoms with Gasteiger partial charge in [-0.2, -0.15) is 0 Å². The molecule has 0 aliphatic carbocycles. The number of fused-ring (bicyclic) bond motifs is 3. The standard InChI is InChI=1S/C20H12FNO/c21-14-10-11-18-17(12-14)15-8-4-5-9-16(15)19(22-18)20(23)13-6-2-1-3-7-13/h1-12H. The van der Waals surface area contributed by atoms with Crippen molar-refractivity contribution in [2.24, 2.45) is 0 Å². The summed E-state index contributed by atoms with van der Waals surface area (Å²) in [5, 5.41) is 2.28. The first-order valence-electron chi connectivity index (χ1n) is 7.32. The number of halogens is 1. The van der Waals surface area contributed by atoms with Gasteiger partial charge in [0.15, 0.2) is 0 Å². The quantitative estimate of drug-likeness (QED) is 0.395. The van der Waals surface area contributed by atoms with E-state index < -0.39 is 0 Å². The molecule has 0 aliphatic rings. The molecule has 0 saturated heterocycles. The first kappa shape index (κ1) is 13.6. The normalized spacial score (nSPS) is 11.0. The van der Waals surface area contributed by atoms with Gasteiger partial charge in [0.2, 0.25) is 5.78 Å². The molecule has 0 N–H and O–H groups in total. The van der Waals surface area contributed by atoms with E-state index in [4.69, 9.17) is 0 Å². The summed E-state index contributed by atoms with van der Waals surface area (Å²) in [6.45, 7) is 0. The molecule has 4 aromatic rings. The van der Waals surface area contributed by atoms with Crippen molar-refractivity contribution in [1.82, 2.24) is 4.98 Å². The maximum Gasteiger partial charge on any atom is 0.212 e. The molecule has 110 valence electrons. The second-order valence-electron chi connectivity index (χ2n) is 5.36.